The Balaban J connectivity index is 1.83. The summed E-state index contributed by atoms with van der Waals surface area (Å²) in [5.41, 5.74) is -0.102. The zero-order valence-corrected chi connectivity index (χ0v) is 12.6. The first kappa shape index (κ1) is 14.2. The average molecular weight is 356 g/mol. The fraction of sp³-hybridized carbons (Fsp3) is 0.538. The van der Waals surface area contributed by atoms with Crippen molar-refractivity contribution in [2.24, 2.45) is 17.8 Å². The number of aliphatic carboxylic acids is 1. The van der Waals surface area contributed by atoms with Gasteiger partial charge in [0.1, 0.15) is 12.0 Å². The van der Waals surface area contributed by atoms with E-state index in [1.54, 1.807) is 0 Å². The number of carboxylic acid groups (broad SMARTS) is 1. The van der Waals surface area contributed by atoms with E-state index in [2.05, 4.69) is 26.2 Å². The number of aromatic nitrogens is 1. The molecule has 112 valence electrons. The number of nitrogens with zero attached hydrogens (tertiary/aromatic N) is 2. The van der Waals surface area contributed by atoms with Gasteiger partial charge in [0.05, 0.1) is 15.3 Å². The van der Waals surface area contributed by atoms with Crippen LogP contribution in [0.3, 0.4) is 0 Å². The fourth-order valence-electron chi connectivity index (χ4n) is 3.65. The van der Waals surface area contributed by atoms with Crippen LogP contribution in [0.2, 0.25) is 0 Å². The second-order valence-electron chi connectivity index (χ2n) is 5.65. The number of hydrogen-bond acceptors (Lipinski definition) is 5. The number of halogens is 1. The highest BCUT2D eigenvalue weighted by Gasteiger charge is 2.51. The molecule has 4 unspecified atom stereocenters. The molecule has 1 heterocycles. The van der Waals surface area contributed by atoms with Crippen LogP contribution in [0.1, 0.15) is 19.3 Å². The van der Waals surface area contributed by atoms with Crippen molar-refractivity contribution in [1.29, 1.82) is 0 Å². The molecule has 7 nitrogen and oxygen atoms in total. The van der Waals surface area contributed by atoms with Gasteiger partial charge in [0.2, 0.25) is 0 Å². The Bertz CT molecular complexity index is 609. The molecule has 4 atom stereocenters. The van der Waals surface area contributed by atoms with Crippen LogP contribution >= 0.6 is 15.9 Å². The minimum atomic E-state index is -0.780. The van der Waals surface area contributed by atoms with E-state index in [9.17, 15) is 20.0 Å². The van der Waals surface area contributed by atoms with E-state index < -0.39 is 16.8 Å². The largest absolute Gasteiger partial charge is 0.481 e. The van der Waals surface area contributed by atoms with Crippen LogP contribution in [0, 0.1) is 27.9 Å². The second kappa shape index (κ2) is 5.25. The summed E-state index contributed by atoms with van der Waals surface area (Å²) in [6.45, 7) is 0. The van der Waals surface area contributed by atoms with Gasteiger partial charge in [-0.2, -0.15) is 0 Å². The van der Waals surface area contributed by atoms with E-state index in [1.807, 2.05) is 0 Å². The molecule has 3 rings (SSSR count). The van der Waals surface area contributed by atoms with Gasteiger partial charge >= 0.3 is 5.97 Å². The van der Waals surface area contributed by atoms with Gasteiger partial charge in [0, 0.05) is 12.1 Å². The topological polar surface area (TPSA) is 105 Å². The molecular weight excluding hydrogens is 342 g/mol. The second-order valence-corrected chi connectivity index (χ2v) is 6.50. The summed E-state index contributed by atoms with van der Waals surface area (Å²) in [7, 11) is 0. The van der Waals surface area contributed by atoms with Gasteiger partial charge in [-0.15, -0.1) is 0 Å². The zero-order valence-electron chi connectivity index (χ0n) is 11.0. The maximum Gasteiger partial charge on any atom is 0.308 e. The van der Waals surface area contributed by atoms with E-state index in [1.165, 1.54) is 12.3 Å². The van der Waals surface area contributed by atoms with Crippen LogP contribution in [0.25, 0.3) is 0 Å². The summed E-state index contributed by atoms with van der Waals surface area (Å²) in [5.74, 6) is -0.170. The lowest BCUT2D eigenvalue weighted by atomic mass is 9.84. The van der Waals surface area contributed by atoms with Crippen LogP contribution in [-0.4, -0.2) is 27.0 Å². The van der Waals surface area contributed by atoms with E-state index in [-0.39, 0.29) is 17.6 Å². The van der Waals surface area contributed by atoms with Crippen LogP contribution in [0.4, 0.5) is 11.5 Å². The molecule has 2 aliphatic carbocycles. The lowest BCUT2D eigenvalue weighted by Gasteiger charge is -2.29. The Kier molecular flexibility index (Phi) is 3.56. The molecule has 1 aromatic heterocycles. The average Bonchev–Trinajstić information content (AvgIpc) is 3.01. The third-order valence-corrected chi connectivity index (χ3v) is 5.15. The summed E-state index contributed by atoms with van der Waals surface area (Å²) < 4.78 is 0.476. The van der Waals surface area contributed by atoms with Gasteiger partial charge in [-0.05, 0) is 47.0 Å². The van der Waals surface area contributed by atoms with Crippen molar-refractivity contribution in [3.8, 4) is 0 Å². The summed E-state index contributed by atoms with van der Waals surface area (Å²) >= 11 is 3.26. The predicted molar refractivity (Wildman–Crippen MR) is 78.0 cm³/mol. The predicted octanol–water partition coefficient (Wildman–Crippen LogP) is 2.66. The van der Waals surface area contributed by atoms with Crippen molar-refractivity contribution in [2.45, 2.75) is 25.3 Å². The molecule has 2 fully saturated rings. The third kappa shape index (κ3) is 2.48. The summed E-state index contributed by atoms with van der Waals surface area (Å²) in [6.07, 6.45) is 4.10. The Morgan fingerprint density at radius 3 is 2.81 bits per heavy atom. The number of nitro groups is 1. The Hall–Kier alpha value is -1.70. The Morgan fingerprint density at radius 1 is 1.48 bits per heavy atom. The maximum atomic E-state index is 11.5. The molecule has 8 heteroatoms. The van der Waals surface area contributed by atoms with Crippen LogP contribution in [0.15, 0.2) is 16.7 Å². The maximum absolute atomic E-state index is 11.5. The standard InChI is InChI=1S/C13H14BrN3O4/c14-9-4-8(17(20)21)5-15-12(9)16-11-7-2-1-6(3-7)10(11)13(18)19/h4-7,10-11H,1-3H2,(H,15,16)(H,18,19). The number of pyridine rings is 1. The summed E-state index contributed by atoms with van der Waals surface area (Å²) in [6, 6.07) is 1.21. The van der Waals surface area contributed by atoms with Crippen molar-refractivity contribution in [3.63, 3.8) is 0 Å². The van der Waals surface area contributed by atoms with E-state index >= 15 is 0 Å². The van der Waals surface area contributed by atoms with Crippen molar-refractivity contribution in [3.05, 3.63) is 26.9 Å². The highest BCUT2D eigenvalue weighted by atomic mass is 79.9. The van der Waals surface area contributed by atoms with Gasteiger partial charge in [0.15, 0.2) is 0 Å². The summed E-state index contributed by atoms with van der Waals surface area (Å²) in [4.78, 5) is 25.7. The number of nitrogens with one attached hydrogen (secondary N) is 1. The molecule has 21 heavy (non-hydrogen) atoms. The number of hydrogen-bond donors (Lipinski definition) is 2. The monoisotopic (exact) mass is 355 g/mol. The molecular formula is C13H14BrN3O4. The van der Waals surface area contributed by atoms with E-state index in [4.69, 9.17) is 0 Å². The fourth-order valence-corrected chi connectivity index (χ4v) is 4.10. The quantitative estimate of drug-likeness (QED) is 0.635. The minimum Gasteiger partial charge on any atom is -0.481 e. The molecule has 0 spiro atoms. The van der Waals surface area contributed by atoms with Gasteiger partial charge < -0.3 is 10.4 Å². The Morgan fingerprint density at radius 2 is 2.19 bits per heavy atom. The van der Waals surface area contributed by atoms with Crippen molar-refractivity contribution >= 4 is 33.4 Å². The van der Waals surface area contributed by atoms with Crippen LogP contribution < -0.4 is 5.32 Å². The normalized spacial score (nSPS) is 30.3. The molecule has 0 aromatic carbocycles. The molecule has 0 saturated heterocycles. The molecule has 0 amide bonds. The molecule has 0 radical (unpaired) electrons. The molecule has 2 saturated carbocycles. The zero-order chi connectivity index (χ0) is 15.1. The third-order valence-electron chi connectivity index (χ3n) is 4.54. The van der Waals surface area contributed by atoms with E-state index in [0.29, 0.717) is 16.2 Å². The number of anilines is 1. The number of rotatable bonds is 4. The molecule has 2 N–H and O–H groups in total. The highest BCUT2D eigenvalue weighted by Crippen LogP contribution is 2.49. The highest BCUT2D eigenvalue weighted by molar-refractivity contribution is 9.10. The van der Waals surface area contributed by atoms with Gasteiger partial charge in [-0.25, -0.2) is 4.98 Å². The van der Waals surface area contributed by atoms with Gasteiger partial charge in [0.25, 0.3) is 5.69 Å². The van der Waals surface area contributed by atoms with Crippen LogP contribution in [-0.2, 0) is 4.79 Å². The lowest BCUT2D eigenvalue weighted by molar-refractivity contribution is -0.385. The summed E-state index contributed by atoms with van der Waals surface area (Å²) in [5, 5.41) is 23.3. The molecule has 1 aromatic rings. The molecule has 2 bridgehead atoms. The number of carboxylic acids is 1. The smallest absolute Gasteiger partial charge is 0.308 e. The Labute approximate surface area is 129 Å². The molecule has 2 aliphatic rings. The molecule has 0 aliphatic heterocycles. The van der Waals surface area contributed by atoms with Gasteiger partial charge in [-0.1, -0.05) is 0 Å². The van der Waals surface area contributed by atoms with Crippen molar-refractivity contribution in [2.75, 3.05) is 5.32 Å². The first-order valence-corrected chi connectivity index (χ1v) is 7.56. The number of fused-ring (bicyclic) bond motifs is 2. The van der Waals surface area contributed by atoms with Crippen molar-refractivity contribution in [1.82, 2.24) is 4.98 Å². The van der Waals surface area contributed by atoms with Gasteiger partial charge in [-0.3, -0.25) is 14.9 Å². The minimum absolute atomic E-state index is 0.102. The first-order valence-electron chi connectivity index (χ1n) is 6.76. The van der Waals surface area contributed by atoms with Crippen LogP contribution in [0.5, 0.6) is 0 Å². The van der Waals surface area contributed by atoms with E-state index in [0.717, 1.165) is 19.3 Å². The van der Waals surface area contributed by atoms with Crippen molar-refractivity contribution < 1.29 is 14.8 Å². The first-order chi connectivity index (χ1) is 9.97. The number of carbonyl (C=O) groups is 1. The SMILES string of the molecule is O=C(O)C1C2CCC(C2)C1Nc1ncc([N+](=O)[O-])cc1Br. The lowest BCUT2D eigenvalue weighted by Crippen LogP contribution is -2.39.